The average Bonchev–Trinajstić information content (AvgIpc) is 2.45. The molecule has 0 atom stereocenters. The van der Waals surface area contributed by atoms with Gasteiger partial charge in [-0.15, -0.1) is 6.58 Å². The first-order valence-electron chi connectivity index (χ1n) is 7.68. The van der Waals surface area contributed by atoms with Crippen LogP contribution in [0.5, 0.6) is 0 Å². The van der Waals surface area contributed by atoms with Crippen molar-refractivity contribution in [1.29, 1.82) is 0 Å². The normalized spacial score (nSPS) is 10.7. The average molecular weight is 313 g/mol. The molecule has 6 nitrogen and oxygen atoms in total. The smallest absolute Gasteiger partial charge is 0.343 e. The minimum Gasteiger partial charge on any atom is -0.464 e. The SMILES string of the molecule is C=CCCCCCC(NC(C)=O)(C(=O)OCC)C(=O)OCC. The van der Waals surface area contributed by atoms with Gasteiger partial charge in [-0.1, -0.05) is 12.5 Å². The van der Waals surface area contributed by atoms with Crippen molar-refractivity contribution < 1.29 is 23.9 Å². The van der Waals surface area contributed by atoms with Crippen molar-refractivity contribution in [2.45, 2.75) is 58.4 Å². The lowest BCUT2D eigenvalue weighted by atomic mass is 9.91. The zero-order valence-electron chi connectivity index (χ0n) is 13.8. The van der Waals surface area contributed by atoms with E-state index in [2.05, 4.69) is 11.9 Å². The summed E-state index contributed by atoms with van der Waals surface area (Å²) in [5.41, 5.74) is -1.76. The summed E-state index contributed by atoms with van der Waals surface area (Å²) in [4.78, 5) is 36.0. The molecule has 0 heterocycles. The Balaban J connectivity index is 5.16. The molecule has 0 saturated carbocycles. The first-order valence-corrected chi connectivity index (χ1v) is 7.68. The van der Waals surface area contributed by atoms with Crippen LogP contribution in [0.3, 0.4) is 0 Å². The second-order valence-corrected chi connectivity index (χ2v) is 4.92. The highest BCUT2D eigenvalue weighted by Gasteiger charge is 2.49. The highest BCUT2D eigenvalue weighted by molar-refractivity contribution is 6.07. The predicted molar refractivity (Wildman–Crippen MR) is 83.1 cm³/mol. The Bertz CT molecular complexity index is 374. The summed E-state index contributed by atoms with van der Waals surface area (Å²) in [6, 6.07) is 0. The van der Waals surface area contributed by atoms with Crippen LogP contribution in [0.4, 0.5) is 0 Å². The lowest BCUT2D eigenvalue weighted by Gasteiger charge is -2.29. The second-order valence-electron chi connectivity index (χ2n) is 4.92. The van der Waals surface area contributed by atoms with Crippen LogP contribution >= 0.6 is 0 Å². The zero-order chi connectivity index (χ0) is 17.0. The van der Waals surface area contributed by atoms with E-state index < -0.39 is 23.4 Å². The van der Waals surface area contributed by atoms with Gasteiger partial charge in [0.15, 0.2) is 0 Å². The van der Waals surface area contributed by atoms with Crippen LogP contribution in [-0.2, 0) is 23.9 Å². The second kappa shape index (κ2) is 10.8. The summed E-state index contributed by atoms with van der Waals surface area (Å²) in [5.74, 6) is -2.02. The number of hydrogen-bond donors (Lipinski definition) is 1. The highest BCUT2D eigenvalue weighted by atomic mass is 16.6. The van der Waals surface area contributed by atoms with E-state index in [1.807, 2.05) is 6.08 Å². The van der Waals surface area contributed by atoms with E-state index in [0.717, 1.165) is 19.3 Å². The molecule has 0 saturated heterocycles. The minimum absolute atomic E-state index is 0.121. The molecule has 126 valence electrons. The van der Waals surface area contributed by atoms with E-state index in [1.54, 1.807) is 13.8 Å². The zero-order valence-corrected chi connectivity index (χ0v) is 13.8. The van der Waals surface area contributed by atoms with Gasteiger partial charge in [-0.25, -0.2) is 9.59 Å². The van der Waals surface area contributed by atoms with Crippen LogP contribution in [0.2, 0.25) is 0 Å². The van der Waals surface area contributed by atoms with E-state index in [-0.39, 0.29) is 19.6 Å². The molecule has 0 radical (unpaired) electrons. The maximum atomic E-state index is 12.3. The highest BCUT2D eigenvalue weighted by Crippen LogP contribution is 2.20. The molecule has 0 rings (SSSR count). The van der Waals surface area contributed by atoms with Crippen LogP contribution < -0.4 is 5.32 Å². The van der Waals surface area contributed by atoms with Gasteiger partial charge in [0.05, 0.1) is 13.2 Å². The number of hydrogen-bond acceptors (Lipinski definition) is 5. The van der Waals surface area contributed by atoms with Crippen LogP contribution in [0, 0.1) is 0 Å². The fourth-order valence-electron chi connectivity index (χ4n) is 2.12. The molecule has 0 aliphatic rings. The number of esters is 2. The van der Waals surface area contributed by atoms with Crippen LogP contribution in [-0.4, -0.2) is 36.6 Å². The lowest BCUT2D eigenvalue weighted by Crippen LogP contribution is -2.61. The topological polar surface area (TPSA) is 81.7 Å². The van der Waals surface area contributed by atoms with Crippen molar-refractivity contribution in [2.75, 3.05) is 13.2 Å². The van der Waals surface area contributed by atoms with Gasteiger partial charge in [-0.2, -0.15) is 0 Å². The Labute approximate surface area is 132 Å². The minimum atomic E-state index is -1.76. The van der Waals surface area contributed by atoms with Gasteiger partial charge in [0, 0.05) is 6.92 Å². The fraction of sp³-hybridized carbons (Fsp3) is 0.688. The Hall–Kier alpha value is -1.85. The van der Waals surface area contributed by atoms with Gasteiger partial charge in [-0.05, 0) is 39.5 Å². The molecule has 0 aromatic carbocycles. The molecule has 0 aliphatic carbocycles. The maximum absolute atomic E-state index is 12.3. The molecule has 1 N–H and O–H groups in total. The number of allylic oxidation sites excluding steroid dienone is 1. The Morgan fingerprint density at radius 1 is 1.05 bits per heavy atom. The number of rotatable bonds is 11. The standard InChI is InChI=1S/C16H27NO5/c1-5-8-9-10-11-12-16(17-13(4)18,14(19)21-6-2)15(20)22-7-3/h5H,1,6-12H2,2-4H3,(H,17,18). The molecule has 0 bridgehead atoms. The summed E-state index contributed by atoms with van der Waals surface area (Å²) in [6.07, 6.45) is 5.15. The third kappa shape index (κ3) is 6.28. The van der Waals surface area contributed by atoms with E-state index >= 15 is 0 Å². The van der Waals surface area contributed by atoms with Crippen molar-refractivity contribution in [3.05, 3.63) is 12.7 Å². The molecular weight excluding hydrogens is 286 g/mol. The van der Waals surface area contributed by atoms with E-state index in [4.69, 9.17) is 9.47 Å². The van der Waals surface area contributed by atoms with Gasteiger partial charge >= 0.3 is 11.9 Å². The number of carbonyl (C=O) groups is 3. The van der Waals surface area contributed by atoms with Crippen molar-refractivity contribution in [1.82, 2.24) is 5.32 Å². The number of carbonyl (C=O) groups excluding carboxylic acids is 3. The molecule has 1 amide bonds. The van der Waals surface area contributed by atoms with Crippen molar-refractivity contribution in [3.63, 3.8) is 0 Å². The summed E-state index contributed by atoms with van der Waals surface area (Å²) in [5, 5.41) is 2.45. The van der Waals surface area contributed by atoms with Gasteiger partial charge in [-0.3, -0.25) is 4.79 Å². The lowest BCUT2D eigenvalue weighted by molar-refractivity contribution is -0.168. The van der Waals surface area contributed by atoms with Gasteiger partial charge < -0.3 is 14.8 Å². The first-order chi connectivity index (χ1) is 10.4. The van der Waals surface area contributed by atoms with Gasteiger partial charge in [0.1, 0.15) is 0 Å². The van der Waals surface area contributed by atoms with Crippen LogP contribution in [0.1, 0.15) is 52.9 Å². The molecule has 0 aliphatic heterocycles. The summed E-state index contributed by atoms with van der Waals surface area (Å²) >= 11 is 0. The fourth-order valence-corrected chi connectivity index (χ4v) is 2.12. The summed E-state index contributed by atoms with van der Waals surface area (Å²) in [7, 11) is 0. The summed E-state index contributed by atoms with van der Waals surface area (Å²) < 4.78 is 9.97. The van der Waals surface area contributed by atoms with Gasteiger partial charge in [0.2, 0.25) is 11.4 Å². The molecule has 22 heavy (non-hydrogen) atoms. The molecular formula is C16H27NO5. The third-order valence-corrected chi connectivity index (χ3v) is 3.10. The monoisotopic (exact) mass is 313 g/mol. The van der Waals surface area contributed by atoms with Crippen molar-refractivity contribution >= 4 is 17.8 Å². The molecule has 6 heteroatoms. The number of ether oxygens (including phenoxy) is 2. The molecule has 0 unspecified atom stereocenters. The quantitative estimate of drug-likeness (QED) is 0.273. The molecule has 0 fully saturated rings. The van der Waals surface area contributed by atoms with E-state index in [9.17, 15) is 14.4 Å². The molecule has 0 aromatic heterocycles. The Kier molecular flexibility index (Phi) is 9.91. The predicted octanol–water partition coefficient (Wildman–Crippen LogP) is 2.12. The first kappa shape index (κ1) is 20.1. The third-order valence-electron chi connectivity index (χ3n) is 3.10. The largest absolute Gasteiger partial charge is 0.464 e. The van der Waals surface area contributed by atoms with Crippen LogP contribution in [0.25, 0.3) is 0 Å². The number of unbranched alkanes of at least 4 members (excludes halogenated alkanes) is 3. The summed E-state index contributed by atoms with van der Waals surface area (Å²) in [6.45, 7) is 8.43. The van der Waals surface area contributed by atoms with E-state index in [0.29, 0.717) is 6.42 Å². The number of nitrogens with one attached hydrogen (secondary N) is 1. The maximum Gasteiger partial charge on any atom is 0.343 e. The van der Waals surface area contributed by atoms with Gasteiger partial charge in [0.25, 0.3) is 0 Å². The molecule has 0 aromatic rings. The Morgan fingerprint density at radius 3 is 2.00 bits per heavy atom. The van der Waals surface area contributed by atoms with E-state index in [1.165, 1.54) is 6.92 Å². The number of amides is 1. The van der Waals surface area contributed by atoms with Crippen molar-refractivity contribution in [2.24, 2.45) is 0 Å². The van der Waals surface area contributed by atoms with Crippen molar-refractivity contribution in [3.8, 4) is 0 Å². The Morgan fingerprint density at radius 2 is 1.59 bits per heavy atom. The van der Waals surface area contributed by atoms with Crippen LogP contribution in [0.15, 0.2) is 12.7 Å². The molecule has 0 spiro atoms.